The molecule has 2 N–H and O–H groups in total. The SMILES string of the molecule is CN(C)c1c(OCC2CC2)ccc2c(CCC3CCN(c4cccnn4)CC3)noc12.O=C(O)/C=C/C(=O)O. The summed E-state index contributed by atoms with van der Waals surface area (Å²) in [6, 6.07) is 8.20. The van der Waals surface area contributed by atoms with E-state index in [-0.39, 0.29) is 0 Å². The number of carbonyl (C=O) groups is 2. The normalized spacial score (nSPS) is 15.7. The Kier molecular flexibility index (Phi) is 9.35. The van der Waals surface area contributed by atoms with E-state index in [0.29, 0.717) is 18.1 Å². The third kappa shape index (κ3) is 7.92. The van der Waals surface area contributed by atoms with E-state index in [2.05, 4.69) is 37.3 Å². The number of carboxylic acid groups (broad SMARTS) is 2. The van der Waals surface area contributed by atoms with E-state index in [1.165, 1.54) is 25.7 Å². The molecule has 1 aliphatic carbocycles. The monoisotopic (exact) mass is 537 g/mol. The highest BCUT2D eigenvalue weighted by Crippen LogP contribution is 2.39. The molecule has 0 bridgehead atoms. The molecule has 1 aliphatic heterocycles. The summed E-state index contributed by atoms with van der Waals surface area (Å²) in [6.07, 6.45) is 9.83. The second-order valence-corrected chi connectivity index (χ2v) is 10.1. The van der Waals surface area contributed by atoms with Gasteiger partial charge in [-0.05, 0) is 74.6 Å². The van der Waals surface area contributed by atoms with Crippen molar-refractivity contribution in [1.82, 2.24) is 15.4 Å². The van der Waals surface area contributed by atoms with Crippen LogP contribution in [0.2, 0.25) is 0 Å². The van der Waals surface area contributed by atoms with Gasteiger partial charge in [-0.1, -0.05) is 5.16 Å². The first kappa shape index (κ1) is 27.9. The topological polar surface area (TPSA) is 142 Å². The van der Waals surface area contributed by atoms with Crippen LogP contribution in [0.4, 0.5) is 11.5 Å². The molecule has 11 nitrogen and oxygen atoms in total. The summed E-state index contributed by atoms with van der Waals surface area (Å²) in [5.41, 5.74) is 2.89. The van der Waals surface area contributed by atoms with Crippen molar-refractivity contribution in [2.24, 2.45) is 11.8 Å². The van der Waals surface area contributed by atoms with Crippen LogP contribution in [0.1, 0.15) is 37.8 Å². The molecule has 3 heterocycles. The molecule has 0 amide bonds. The third-order valence-corrected chi connectivity index (χ3v) is 6.93. The van der Waals surface area contributed by atoms with Crippen molar-refractivity contribution in [2.75, 3.05) is 43.6 Å². The van der Waals surface area contributed by atoms with E-state index in [9.17, 15) is 9.59 Å². The maximum Gasteiger partial charge on any atom is 0.328 e. The van der Waals surface area contributed by atoms with E-state index in [1.807, 2.05) is 26.2 Å². The second-order valence-electron chi connectivity index (χ2n) is 10.1. The number of piperidine rings is 1. The quantitative estimate of drug-likeness (QED) is 0.362. The lowest BCUT2D eigenvalue weighted by Crippen LogP contribution is -2.34. The van der Waals surface area contributed by atoms with Gasteiger partial charge in [0.05, 0.1) is 12.3 Å². The van der Waals surface area contributed by atoms with Gasteiger partial charge in [-0.2, -0.15) is 5.10 Å². The van der Waals surface area contributed by atoms with Gasteiger partial charge in [0, 0.05) is 50.9 Å². The van der Waals surface area contributed by atoms with Crippen molar-refractivity contribution in [3.05, 3.63) is 48.3 Å². The van der Waals surface area contributed by atoms with Crippen LogP contribution in [0.3, 0.4) is 0 Å². The van der Waals surface area contributed by atoms with Crippen LogP contribution in [0.25, 0.3) is 11.0 Å². The lowest BCUT2D eigenvalue weighted by atomic mass is 9.91. The van der Waals surface area contributed by atoms with Gasteiger partial charge >= 0.3 is 11.9 Å². The molecule has 0 radical (unpaired) electrons. The zero-order chi connectivity index (χ0) is 27.8. The number of ether oxygens (including phenoxy) is 1. The first-order chi connectivity index (χ1) is 18.8. The summed E-state index contributed by atoms with van der Waals surface area (Å²) in [5.74, 6) is 0.785. The van der Waals surface area contributed by atoms with Crippen LogP contribution in [0, 0.1) is 11.8 Å². The van der Waals surface area contributed by atoms with Crippen LogP contribution in [0.15, 0.2) is 47.1 Å². The zero-order valence-corrected chi connectivity index (χ0v) is 22.3. The van der Waals surface area contributed by atoms with E-state index in [0.717, 1.165) is 72.4 Å². The summed E-state index contributed by atoms with van der Waals surface area (Å²) in [6.45, 7) is 2.87. The van der Waals surface area contributed by atoms with Crippen molar-refractivity contribution in [1.29, 1.82) is 0 Å². The van der Waals surface area contributed by atoms with Gasteiger partial charge < -0.3 is 29.3 Å². The number of aryl methyl sites for hydroxylation is 1. The average Bonchev–Trinajstić information content (AvgIpc) is 3.68. The minimum absolute atomic E-state index is 0.558. The molecule has 0 spiro atoms. The van der Waals surface area contributed by atoms with Gasteiger partial charge in [-0.3, -0.25) is 0 Å². The molecule has 2 fully saturated rings. The van der Waals surface area contributed by atoms with Crippen molar-refractivity contribution in [3.8, 4) is 5.75 Å². The minimum atomic E-state index is -1.26. The lowest BCUT2D eigenvalue weighted by Gasteiger charge is -2.32. The Balaban J connectivity index is 0.000000386. The summed E-state index contributed by atoms with van der Waals surface area (Å²) in [7, 11) is 4.07. The summed E-state index contributed by atoms with van der Waals surface area (Å²) in [5, 5.41) is 29.4. The number of hydrogen-bond donors (Lipinski definition) is 2. The van der Waals surface area contributed by atoms with Gasteiger partial charge in [0.2, 0.25) is 0 Å². The Morgan fingerprint density at radius 3 is 2.38 bits per heavy atom. The first-order valence-corrected chi connectivity index (χ1v) is 13.2. The van der Waals surface area contributed by atoms with E-state index >= 15 is 0 Å². The Morgan fingerprint density at radius 1 is 1.08 bits per heavy atom. The smallest absolute Gasteiger partial charge is 0.328 e. The molecule has 0 atom stereocenters. The molecule has 11 heteroatoms. The predicted octanol–water partition coefficient (Wildman–Crippen LogP) is 4.03. The second kappa shape index (κ2) is 13.1. The number of aromatic nitrogens is 3. The summed E-state index contributed by atoms with van der Waals surface area (Å²) < 4.78 is 11.9. The Labute approximate surface area is 227 Å². The van der Waals surface area contributed by atoms with E-state index in [4.69, 9.17) is 19.5 Å². The molecule has 1 saturated carbocycles. The fraction of sp³-hybridized carbons (Fsp3) is 0.464. The molecule has 2 aliphatic rings. The van der Waals surface area contributed by atoms with Gasteiger partial charge in [-0.25, -0.2) is 9.59 Å². The Bertz CT molecular complexity index is 1260. The van der Waals surface area contributed by atoms with E-state index < -0.39 is 11.9 Å². The number of benzene rings is 1. The van der Waals surface area contributed by atoms with Crippen molar-refractivity contribution >= 4 is 34.4 Å². The fourth-order valence-corrected chi connectivity index (χ4v) is 4.63. The van der Waals surface area contributed by atoms with Crippen LogP contribution in [0.5, 0.6) is 5.75 Å². The molecular weight excluding hydrogens is 502 g/mol. The first-order valence-electron chi connectivity index (χ1n) is 13.2. The maximum atomic E-state index is 9.55. The largest absolute Gasteiger partial charge is 0.491 e. The third-order valence-electron chi connectivity index (χ3n) is 6.93. The summed E-state index contributed by atoms with van der Waals surface area (Å²) in [4.78, 5) is 23.5. The molecule has 2 aromatic heterocycles. The molecule has 3 aromatic rings. The number of nitrogens with zero attached hydrogens (tertiary/aromatic N) is 5. The number of aliphatic carboxylic acids is 2. The van der Waals surface area contributed by atoms with Gasteiger partial charge in [-0.15, -0.1) is 5.10 Å². The number of hydrogen-bond acceptors (Lipinski definition) is 9. The molecule has 0 unspecified atom stereocenters. The standard InChI is InChI=1S/C24H31N5O2.C4H4O4/c1-28(2)23-21(30-16-18-5-6-18)10-8-19-20(27-31-24(19)23)9-7-17-11-14-29(15-12-17)22-4-3-13-25-26-22;5-3(6)1-2-4(7)8/h3-4,8,10,13,17-18H,5-7,9,11-12,14-16H2,1-2H3;1-2H,(H,5,6)(H,7,8)/b;2-1+. The number of rotatable bonds is 10. The van der Waals surface area contributed by atoms with Gasteiger partial charge in [0.15, 0.2) is 11.4 Å². The highest BCUT2D eigenvalue weighted by molar-refractivity contribution is 5.94. The van der Waals surface area contributed by atoms with Crippen molar-refractivity contribution in [2.45, 2.75) is 38.5 Å². The Hall–Kier alpha value is -4.15. The lowest BCUT2D eigenvalue weighted by molar-refractivity contribution is -0.134. The maximum absolute atomic E-state index is 9.55. The molecule has 39 heavy (non-hydrogen) atoms. The van der Waals surface area contributed by atoms with Gasteiger partial charge in [0.1, 0.15) is 11.4 Å². The molecule has 1 saturated heterocycles. The Morgan fingerprint density at radius 2 is 1.79 bits per heavy atom. The van der Waals surface area contributed by atoms with E-state index in [1.54, 1.807) is 6.20 Å². The fourth-order valence-electron chi connectivity index (χ4n) is 4.63. The highest BCUT2D eigenvalue weighted by atomic mass is 16.5. The number of anilines is 2. The summed E-state index contributed by atoms with van der Waals surface area (Å²) >= 11 is 0. The van der Waals surface area contributed by atoms with Crippen LogP contribution in [-0.2, 0) is 16.0 Å². The van der Waals surface area contributed by atoms with Crippen LogP contribution < -0.4 is 14.5 Å². The van der Waals surface area contributed by atoms with Crippen molar-refractivity contribution in [3.63, 3.8) is 0 Å². The van der Waals surface area contributed by atoms with Crippen LogP contribution in [-0.4, -0.2) is 71.3 Å². The molecule has 1 aromatic carbocycles. The van der Waals surface area contributed by atoms with Crippen molar-refractivity contribution < 1.29 is 29.1 Å². The highest BCUT2D eigenvalue weighted by Gasteiger charge is 2.25. The average molecular weight is 538 g/mol. The minimum Gasteiger partial charge on any atom is -0.491 e. The molecular formula is C28H35N5O6. The predicted molar refractivity (Wildman–Crippen MR) is 146 cm³/mol. The number of fused-ring (bicyclic) bond motifs is 1. The number of carboxylic acids is 2. The van der Waals surface area contributed by atoms with Gasteiger partial charge in [0.25, 0.3) is 0 Å². The molecule has 208 valence electrons. The zero-order valence-electron chi connectivity index (χ0n) is 22.3. The van der Waals surface area contributed by atoms with Crippen LogP contribution >= 0.6 is 0 Å². The molecule has 5 rings (SSSR count).